The first-order valence-electron chi connectivity index (χ1n) is 17.1. The van der Waals surface area contributed by atoms with E-state index in [2.05, 4.69) is 22.1 Å². The van der Waals surface area contributed by atoms with Gasteiger partial charge in [0.05, 0.1) is 34.0 Å². The van der Waals surface area contributed by atoms with E-state index in [1.165, 1.54) is 0 Å². The molecule has 2 aromatic carbocycles. The molecule has 5 N–H and O–H groups in total. The summed E-state index contributed by atoms with van der Waals surface area (Å²) in [5.74, 6) is 6.17. The standard InChI is InChI=1S/C38H42Cl2N10O2/c1-19-15-24(16-20(2)33(19)40)52-14-8-9-25-26-10-11-27(39)32(31-22(4)45-48(7)23(31)5)35(26)50-21(3)17-49(38(51)36(25)50)30-18-47(6)29-13-12-28(43-34(29)30)37(41)44-46-42/h10-13,15-16,18,21,46H,8-9,14,17,42H2,1-7H3,(H2,41,44)/t21-/m1/s1. The number of halogens is 2. The van der Waals surface area contributed by atoms with E-state index in [1.54, 1.807) is 6.07 Å². The molecule has 5 heterocycles. The molecule has 12 nitrogen and oxygen atoms in total. The van der Waals surface area contributed by atoms with Gasteiger partial charge >= 0.3 is 0 Å². The number of carbonyl (C=O) groups excluding carboxylic acids is 1. The first-order chi connectivity index (χ1) is 24.8. The van der Waals surface area contributed by atoms with Crippen LogP contribution in [0.25, 0.3) is 33.1 Å². The molecule has 1 amide bonds. The Kier molecular flexibility index (Phi) is 9.18. The summed E-state index contributed by atoms with van der Waals surface area (Å²) in [6.45, 7) is 11.0. The number of ether oxygens (including phenoxy) is 1. The Hall–Kier alpha value is -5.04. The van der Waals surface area contributed by atoms with Crippen LogP contribution in [0.3, 0.4) is 0 Å². The van der Waals surface area contributed by atoms with Crippen LogP contribution in [0.5, 0.6) is 5.75 Å². The molecule has 1 atom stereocenters. The fourth-order valence-electron chi connectivity index (χ4n) is 7.64. The molecule has 14 heteroatoms. The number of hydrogen-bond acceptors (Lipinski definition) is 7. The molecule has 0 aliphatic carbocycles. The summed E-state index contributed by atoms with van der Waals surface area (Å²) < 4.78 is 12.2. The molecule has 1 aliphatic rings. The van der Waals surface area contributed by atoms with E-state index >= 15 is 4.79 Å². The molecule has 0 unspecified atom stereocenters. The lowest BCUT2D eigenvalue weighted by Crippen LogP contribution is -2.42. The lowest BCUT2D eigenvalue weighted by molar-refractivity contribution is 0.0957. The lowest BCUT2D eigenvalue weighted by atomic mass is 9.98. The molecule has 4 aromatic heterocycles. The van der Waals surface area contributed by atoms with Crippen molar-refractivity contribution < 1.29 is 9.53 Å². The second kappa shape index (κ2) is 13.5. The number of nitrogens with two attached hydrogens (primary N) is 2. The number of pyridine rings is 1. The predicted octanol–water partition coefficient (Wildman–Crippen LogP) is 6.79. The number of rotatable bonds is 9. The summed E-state index contributed by atoms with van der Waals surface area (Å²) in [7, 11) is 3.87. The molecule has 0 saturated heterocycles. The monoisotopic (exact) mass is 740 g/mol. The van der Waals surface area contributed by atoms with E-state index < -0.39 is 0 Å². The molecular formula is C38H42Cl2N10O2. The van der Waals surface area contributed by atoms with E-state index in [-0.39, 0.29) is 17.8 Å². The Morgan fingerprint density at radius 1 is 1.08 bits per heavy atom. The molecule has 52 heavy (non-hydrogen) atoms. The number of hydrogen-bond donors (Lipinski definition) is 3. The molecule has 0 radical (unpaired) electrons. The maximum Gasteiger partial charge on any atom is 0.275 e. The van der Waals surface area contributed by atoms with E-state index in [0.717, 1.165) is 66.4 Å². The number of aromatic nitrogens is 5. The van der Waals surface area contributed by atoms with E-state index in [0.29, 0.717) is 53.6 Å². The number of benzene rings is 2. The average Bonchev–Trinajstić information content (AvgIpc) is 3.71. The number of hydrazone groups is 1. The number of carbonyl (C=O) groups is 1. The first-order valence-corrected chi connectivity index (χ1v) is 17.9. The van der Waals surface area contributed by atoms with Gasteiger partial charge in [0.2, 0.25) is 0 Å². The zero-order chi connectivity index (χ0) is 37.2. The fraction of sp³-hybridized carbons (Fsp3) is 0.316. The van der Waals surface area contributed by atoms with Gasteiger partial charge in [0.25, 0.3) is 5.91 Å². The Labute approximate surface area is 311 Å². The highest BCUT2D eigenvalue weighted by atomic mass is 35.5. The van der Waals surface area contributed by atoms with Crippen molar-refractivity contribution in [1.29, 1.82) is 0 Å². The Balaban J connectivity index is 1.37. The number of anilines is 1. The molecule has 0 fully saturated rings. The van der Waals surface area contributed by atoms with Gasteiger partial charge in [-0.1, -0.05) is 29.3 Å². The SMILES string of the molecule is Cc1cc(OCCCc2c3n(c4c(-c5c(C)nn(C)c5C)c(Cl)ccc24)[C@H](C)CN(c2cn(C)c4ccc(/C(N)=N/NN)nc24)C3=O)cc(C)c1Cl. The first kappa shape index (κ1) is 35.4. The Morgan fingerprint density at radius 3 is 2.48 bits per heavy atom. The van der Waals surface area contributed by atoms with Crippen LogP contribution in [0.2, 0.25) is 10.0 Å². The minimum Gasteiger partial charge on any atom is -0.494 e. The minimum absolute atomic E-state index is 0.124. The van der Waals surface area contributed by atoms with Gasteiger partial charge in [-0.05, 0) is 94.5 Å². The van der Waals surface area contributed by atoms with Crippen molar-refractivity contribution >= 4 is 62.6 Å². The van der Waals surface area contributed by atoms with Crippen LogP contribution in [0, 0.1) is 27.7 Å². The molecule has 7 rings (SSSR count). The van der Waals surface area contributed by atoms with Crippen molar-refractivity contribution in [2.24, 2.45) is 30.8 Å². The van der Waals surface area contributed by atoms with Crippen LogP contribution in [0.1, 0.15) is 63.6 Å². The summed E-state index contributed by atoms with van der Waals surface area (Å²) in [5.41, 5.74) is 19.1. The van der Waals surface area contributed by atoms with Gasteiger partial charge in [-0.25, -0.2) is 16.4 Å². The van der Waals surface area contributed by atoms with Gasteiger partial charge in [0.15, 0.2) is 5.84 Å². The average molecular weight is 742 g/mol. The van der Waals surface area contributed by atoms with Gasteiger partial charge in [-0.3, -0.25) is 9.48 Å². The summed E-state index contributed by atoms with van der Waals surface area (Å²) >= 11 is 13.5. The number of fused-ring (bicyclic) bond motifs is 4. The number of amidine groups is 1. The number of nitrogens with zero attached hydrogens (tertiary/aromatic N) is 7. The topological polar surface area (TPSA) is 147 Å². The predicted molar refractivity (Wildman–Crippen MR) is 209 cm³/mol. The van der Waals surface area contributed by atoms with Crippen molar-refractivity contribution in [3.63, 3.8) is 0 Å². The molecular weight excluding hydrogens is 699 g/mol. The summed E-state index contributed by atoms with van der Waals surface area (Å²) in [5, 5.41) is 10.9. The smallest absolute Gasteiger partial charge is 0.275 e. The van der Waals surface area contributed by atoms with Crippen LogP contribution in [0.4, 0.5) is 5.69 Å². The fourth-order valence-corrected chi connectivity index (χ4v) is 8.00. The van der Waals surface area contributed by atoms with Crippen LogP contribution >= 0.6 is 23.2 Å². The summed E-state index contributed by atoms with van der Waals surface area (Å²) in [4.78, 5) is 21.7. The number of hydrazine groups is 1. The van der Waals surface area contributed by atoms with Crippen LogP contribution in [-0.4, -0.2) is 48.8 Å². The van der Waals surface area contributed by atoms with E-state index in [9.17, 15) is 0 Å². The highest BCUT2D eigenvalue weighted by Gasteiger charge is 2.38. The van der Waals surface area contributed by atoms with E-state index in [4.69, 9.17) is 49.6 Å². The van der Waals surface area contributed by atoms with Crippen molar-refractivity contribution in [2.75, 3.05) is 18.1 Å². The number of aryl methyl sites for hydroxylation is 6. The van der Waals surface area contributed by atoms with Gasteiger partial charge in [-0.2, -0.15) is 5.10 Å². The van der Waals surface area contributed by atoms with Gasteiger partial charge in [0, 0.05) is 60.1 Å². The van der Waals surface area contributed by atoms with Crippen molar-refractivity contribution in [1.82, 2.24) is 29.4 Å². The minimum atomic E-state index is -0.124. The Bertz CT molecular complexity index is 2420. The number of amides is 1. The maximum atomic E-state index is 15.1. The van der Waals surface area contributed by atoms with Crippen molar-refractivity contribution in [3.8, 4) is 16.9 Å². The molecule has 0 bridgehead atoms. The summed E-state index contributed by atoms with van der Waals surface area (Å²) in [6.07, 6.45) is 3.21. The third-order valence-corrected chi connectivity index (χ3v) is 11.0. The normalized spacial score (nSPS) is 14.9. The van der Waals surface area contributed by atoms with Crippen molar-refractivity contribution in [3.05, 3.63) is 92.1 Å². The molecule has 6 aromatic rings. The Morgan fingerprint density at radius 2 is 1.81 bits per heavy atom. The third kappa shape index (κ3) is 5.75. The van der Waals surface area contributed by atoms with Gasteiger partial charge < -0.3 is 24.5 Å². The molecule has 0 spiro atoms. The number of nitrogens with one attached hydrogen (secondary N) is 1. The van der Waals surface area contributed by atoms with Crippen LogP contribution in [0.15, 0.2) is 47.7 Å². The third-order valence-electron chi connectivity index (χ3n) is 10.1. The largest absolute Gasteiger partial charge is 0.494 e. The molecule has 270 valence electrons. The zero-order valence-corrected chi connectivity index (χ0v) is 31.8. The quantitative estimate of drug-likeness (QED) is 0.0487. The van der Waals surface area contributed by atoms with Gasteiger partial charge in [0.1, 0.15) is 22.7 Å². The highest BCUT2D eigenvalue weighted by Crippen LogP contribution is 2.45. The van der Waals surface area contributed by atoms with E-state index in [1.807, 2.05) is 92.5 Å². The zero-order valence-electron chi connectivity index (χ0n) is 30.3. The second-order valence-corrected chi connectivity index (χ2v) is 14.4. The summed E-state index contributed by atoms with van der Waals surface area (Å²) in [6, 6.07) is 11.5. The second-order valence-electron chi connectivity index (χ2n) is 13.6. The van der Waals surface area contributed by atoms with Gasteiger partial charge in [-0.15, -0.1) is 5.10 Å². The van der Waals surface area contributed by atoms with Crippen LogP contribution in [-0.2, 0) is 20.5 Å². The van der Waals surface area contributed by atoms with Crippen molar-refractivity contribution in [2.45, 2.75) is 53.5 Å². The van der Waals surface area contributed by atoms with Crippen LogP contribution < -0.4 is 26.7 Å². The molecule has 0 saturated carbocycles. The maximum absolute atomic E-state index is 15.1. The molecule has 1 aliphatic heterocycles. The highest BCUT2D eigenvalue weighted by molar-refractivity contribution is 6.35. The lowest BCUT2D eigenvalue weighted by Gasteiger charge is -2.34.